The molecule has 0 bridgehead atoms. The van der Waals surface area contributed by atoms with Crippen molar-refractivity contribution in [3.63, 3.8) is 0 Å². The Labute approximate surface area is 93.7 Å². The first-order chi connectivity index (χ1) is 6.19. The molecule has 0 aliphatic carbocycles. The second kappa shape index (κ2) is 5.07. The van der Waals surface area contributed by atoms with E-state index in [1.54, 1.807) is 15.8 Å². The summed E-state index contributed by atoms with van der Waals surface area (Å²) in [5.74, 6) is -0.460. The van der Waals surface area contributed by atoms with Gasteiger partial charge in [0, 0.05) is 12.5 Å². The standard InChI is InChI=1S/C7H8BrFN2S2/c1-12-11(13-2)5-3-4-6(8)10-7(5)9/h3-4H,1-2H3. The predicted octanol–water partition coefficient (Wildman–Crippen LogP) is 3.35. The summed E-state index contributed by atoms with van der Waals surface area (Å²) in [5.41, 5.74) is 0.489. The highest BCUT2D eigenvalue weighted by atomic mass is 79.9. The molecule has 0 saturated carbocycles. The van der Waals surface area contributed by atoms with Gasteiger partial charge in [0.05, 0.1) is 0 Å². The van der Waals surface area contributed by atoms with Gasteiger partial charge in [0.1, 0.15) is 10.3 Å². The van der Waals surface area contributed by atoms with Gasteiger partial charge < -0.3 is 0 Å². The molecule has 0 fully saturated rings. The Bertz CT molecular complexity index is 294. The molecule has 2 nitrogen and oxygen atoms in total. The number of rotatable bonds is 3. The third-order valence-electron chi connectivity index (χ3n) is 1.32. The van der Waals surface area contributed by atoms with Crippen molar-refractivity contribution in [2.24, 2.45) is 0 Å². The van der Waals surface area contributed by atoms with E-state index in [9.17, 15) is 4.39 Å². The molecule has 0 unspecified atom stereocenters. The van der Waals surface area contributed by atoms with E-state index in [1.165, 1.54) is 23.9 Å². The molecule has 13 heavy (non-hydrogen) atoms. The molecule has 0 spiro atoms. The Morgan fingerprint density at radius 2 is 2.00 bits per heavy atom. The lowest BCUT2D eigenvalue weighted by molar-refractivity contribution is 0.585. The molecule has 1 rings (SSSR count). The van der Waals surface area contributed by atoms with E-state index in [4.69, 9.17) is 0 Å². The molecule has 1 aromatic rings. The van der Waals surface area contributed by atoms with Crippen LogP contribution in [0, 0.1) is 5.95 Å². The second-order valence-electron chi connectivity index (χ2n) is 2.07. The lowest BCUT2D eigenvalue weighted by atomic mass is 10.4. The van der Waals surface area contributed by atoms with Gasteiger partial charge in [-0.2, -0.15) is 4.39 Å². The summed E-state index contributed by atoms with van der Waals surface area (Å²) in [6, 6.07) is 3.41. The van der Waals surface area contributed by atoms with E-state index >= 15 is 0 Å². The quantitative estimate of drug-likeness (QED) is 0.624. The first-order valence-electron chi connectivity index (χ1n) is 3.39. The third kappa shape index (κ3) is 2.75. The highest BCUT2D eigenvalue weighted by Gasteiger charge is 2.10. The highest BCUT2D eigenvalue weighted by Crippen LogP contribution is 2.29. The zero-order valence-corrected chi connectivity index (χ0v) is 10.3. The summed E-state index contributed by atoms with van der Waals surface area (Å²) < 4.78 is 15.5. The lowest BCUT2D eigenvalue weighted by Gasteiger charge is -2.17. The van der Waals surface area contributed by atoms with Crippen LogP contribution in [0.2, 0.25) is 0 Å². The first kappa shape index (κ1) is 11.1. The van der Waals surface area contributed by atoms with Crippen molar-refractivity contribution in [2.45, 2.75) is 0 Å². The van der Waals surface area contributed by atoms with E-state index in [2.05, 4.69) is 20.9 Å². The van der Waals surface area contributed by atoms with E-state index in [0.717, 1.165) is 0 Å². The number of halogens is 2. The van der Waals surface area contributed by atoms with Crippen LogP contribution in [-0.2, 0) is 0 Å². The molecule has 72 valence electrons. The number of pyridine rings is 1. The summed E-state index contributed by atoms with van der Waals surface area (Å²) in [5, 5.41) is 0. The van der Waals surface area contributed by atoms with E-state index in [1.807, 2.05) is 12.5 Å². The molecule has 1 aromatic heterocycles. The molecule has 1 heterocycles. The van der Waals surface area contributed by atoms with E-state index < -0.39 is 5.95 Å². The van der Waals surface area contributed by atoms with Crippen LogP contribution in [0.15, 0.2) is 16.7 Å². The average molecular weight is 283 g/mol. The second-order valence-corrected chi connectivity index (χ2v) is 4.57. The van der Waals surface area contributed by atoms with Gasteiger partial charge in [0.2, 0.25) is 5.95 Å². The fourth-order valence-corrected chi connectivity index (χ4v) is 2.36. The van der Waals surface area contributed by atoms with Gasteiger partial charge in [-0.05, 0) is 52.0 Å². The molecule has 0 N–H and O–H groups in total. The SMILES string of the molecule is CSN(SC)c1ccc(Br)nc1F. The van der Waals surface area contributed by atoms with Crippen LogP contribution in [0.25, 0.3) is 0 Å². The van der Waals surface area contributed by atoms with Gasteiger partial charge in [-0.3, -0.25) is 3.71 Å². The summed E-state index contributed by atoms with van der Waals surface area (Å²) in [6.45, 7) is 0. The predicted molar refractivity (Wildman–Crippen MR) is 61.4 cm³/mol. The zero-order valence-electron chi connectivity index (χ0n) is 7.12. The maximum atomic E-state index is 13.3. The van der Waals surface area contributed by atoms with Crippen LogP contribution in [-0.4, -0.2) is 17.5 Å². The third-order valence-corrected chi connectivity index (χ3v) is 3.72. The summed E-state index contributed by atoms with van der Waals surface area (Å²) in [7, 11) is 0. The number of hydrogen-bond acceptors (Lipinski definition) is 4. The first-order valence-corrected chi connectivity index (χ1v) is 6.55. The Hall–Kier alpha value is 0.0600. The molecular weight excluding hydrogens is 275 g/mol. The Balaban J connectivity index is 2.99. The van der Waals surface area contributed by atoms with Crippen molar-refractivity contribution in [1.29, 1.82) is 0 Å². The number of aromatic nitrogens is 1. The number of nitrogens with zero attached hydrogens (tertiary/aromatic N) is 2. The Morgan fingerprint density at radius 1 is 1.38 bits per heavy atom. The molecule has 0 saturated heterocycles. The fraction of sp³-hybridized carbons (Fsp3) is 0.286. The number of anilines is 1. The van der Waals surface area contributed by atoms with Gasteiger partial charge in [0.25, 0.3) is 0 Å². The Morgan fingerprint density at radius 3 is 2.46 bits per heavy atom. The van der Waals surface area contributed by atoms with Crippen LogP contribution in [0.1, 0.15) is 0 Å². The van der Waals surface area contributed by atoms with Gasteiger partial charge in [-0.15, -0.1) is 0 Å². The van der Waals surface area contributed by atoms with Crippen molar-refractivity contribution >= 4 is 45.5 Å². The molecule has 0 amide bonds. The number of hydrogen-bond donors (Lipinski definition) is 0. The van der Waals surface area contributed by atoms with Crippen LogP contribution >= 0.6 is 39.8 Å². The smallest absolute Gasteiger partial charge is 0.239 e. The van der Waals surface area contributed by atoms with Crippen molar-refractivity contribution in [3.8, 4) is 0 Å². The van der Waals surface area contributed by atoms with Crippen LogP contribution in [0.5, 0.6) is 0 Å². The van der Waals surface area contributed by atoms with E-state index in [-0.39, 0.29) is 0 Å². The minimum atomic E-state index is -0.460. The largest absolute Gasteiger partial charge is 0.254 e. The zero-order chi connectivity index (χ0) is 9.84. The van der Waals surface area contributed by atoms with Crippen molar-refractivity contribution in [1.82, 2.24) is 4.98 Å². The monoisotopic (exact) mass is 282 g/mol. The van der Waals surface area contributed by atoms with Gasteiger partial charge in [-0.25, -0.2) is 4.98 Å². The van der Waals surface area contributed by atoms with Gasteiger partial charge >= 0.3 is 0 Å². The molecule has 0 radical (unpaired) electrons. The maximum absolute atomic E-state index is 13.3. The van der Waals surface area contributed by atoms with E-state index in [0.29, 0.717) is 10.3 Å². The summed E-state index contributed by atoms with van der Waals surface area (Å²) in [4.78, 5) is 3.67. The van der Waals surface area contributed by atoms with Gasteiger partial charge in [0.15, 0.2) is 0 Å². The minimum Gasteiger partial charge on any atom is -0.254 e. The summed E-state index contributed by atoms with van der Waals surface area (Å²) >= 11 is 5.99. The highest BCUT2D eigenvalue weighted by molar-refractivity contribution is 9.10. The maximum Gasteiger partial charge on any atom is 0.239 e. The molecule has 0 atom stereocenters. The van der Waals surface area contributed by atoms with Crippen LogP contribution < -0.4 is 3.71 Å². The Kier molecular flexibility index (Phi) is 4.34. The van der Waals surface area contributed by atoms with Crippen molar-refractivity contribution < 1.29 is 4.39 Å². The fourth-order valence-electron chi connectivity index (χ4n) is 0.812. The van der Waals surface area contributed by atoms with Crippen molar-refractivity contribution in [2.75, 3.05) is 16.2 Å². The molecular formula is C7H8BrFN2S2. The summed E-state index contributed by atoms with van der Waals surface area (Å²) in [6.07, 6.45) is 3.77. The lowest BCUT2D eigenvalue weighted by Crippen LogP contribution is -2.05. The molecule has 0 aliphatic heterocycles. The average Bonchev–Trinajstić information content (AvgIpc) is 2.10. The molecule has 0 aliphatic rings. The van der Waals surface area contributed by atoms with Crippen molar-refractivity contribution in [3.05, 3.63) is 22.7 Å². The minimum absolute atomic E-state index is 0.460. The normalized spacial score (nSPS) is 10.2. The topological polar surface area (TPSA) is 16.1 Å². The van der Waals surface area contributed by atoms with Crippen LogP contribution in [0.4, 0.5) is 10.1 Å². The molecule has 6 heteroatoms. The van der Waals surface area contributed by atoms with Crippen LogP contribution in [0.3, 0.4) is 0 Å². The van der Waals surface area contributed by atoms with Gasteiger partial charge in [-0.1, -0.05) is 0 Å². The molecule has 0 aromatic carbocycles.